The monoisotopic (exact) mass is 268 g/mol. The Kier molecular flexibility index (Phi) is 8.32. The first kappa shape index (κ1) is 17.8. The fourth-order valence-electron chi connectivity index (χ4n) is 1.50. The standard InChI is InChI=1S/C15H28N2O2/c1-12(2)14(18)8-7-9-15(19)17(6)11-10-16(5)13(3)4/h13H,1,7-11H2,2-6H3. The number of nitrogens with zero attached hydrogens (tertiary/aromatic N) is 2. The van der Waals surface area contributed by atoms with Crippen LogP contribution in [0.2, 0.25) is 0 Å². The molecule has 0 aliphatic rings. The van der Waals surface area contributed by atoms with Crippen molar-refractivity contribution in [2.24, 2.45) is 0 Å². The minimum Gasteiger partial charge on any atom is -0.344 e. The second-order valence-electron chi connectivity index (χ2n) is 5.45. The summed E-state index contributed by atoms with van der Waals surface area (Å²) in [5.74, 6) is 0.154. The van der Waals surface area contributed by atoms with E-state index in [1.807, 2.05) is 7.05 Å². The van der Waals surface area contributed by atoms with Crippen LogP contribution in [0, 0.1) is 0 Å². The molecule has 0 aromatic carbocycles. The number of amides is 1. The molecule has 0 saturated heterocycles. The lowest BCUT2D eigenvalue weighted by molar-refractivity contribution is -0.130. The Labute approximate surface area is 117 Å². The molecule has 0 N–H and O–H groups in total. The topological polar surface area (TPSA) is 40.6 Å². The number of Topliss-reactive ketones (excluding diaryl/α,β-unsaturated/α-hetero) is 1. The number of likely N-dealkylation sites (N-methyl/N-ethyl adjacent to an activating group) is 2. The summed E-state index contributed by atoms with van der Waals surface area (Å²) in [5, 5.41) is 0. The molecule has 110 valence electrons. The lowest BCUT2D eigenvalue weighted by Crippen LogP contribution is -2.37. The van der Waals surface area contributed by atoms with Crippen LogP contribution in [-0.4, -0.2) is 54.7 Å². The number of hydrogen-bond donors (Lipinski definition) is 0. The van der Waals surface area contributed by atoms with E-state index in [1.54, 1.807) is 11.8 Å². The highest BCUT2D eigenvalue weighted by Crippen LogP contribution is 2.04. The summed E-state index contributed by atoms with van der Waals surface area (Å²) in [6, 6.07) is 0.483. The molecule has 4 nitrogen and oxygen atoms in total. The van der Waals surface area contributed by atoms with Gasteiger partial charge >= 0.3 is 0 Å². The molecule has 4 heteroatoms. The second-order valence-corrected chi connectivity index (χ2v) is 5.45. The van der Waals surface area contributed by atoms with E-state index < -0.39 is 0 Å². The van der Waals surface area contributed by atoms with Crippen LogP contribution in [0.3, 0.4) is 0 Å². The van der Waals surface area contributed by atoms with E-state index in [1.165, 1.54) is 0 Å². The van der Waals surface area contributed by atoms with Gasteiger partial charge in [0.25, 0.3) is 0 Å². The van der Waals surface area contributed by atoms with Gasteiger partial charge in [0.05, 0.1) is 0 Å². The van der Waals surface area contributed by atoms with Crippen molar-refractivity contribution in [1.82, 2.24) is 9.80 Å². The van der Waals surface area contributed by atoms with Gasteiger partial charge < -0.3 is 9.80 Å². The van der Waals surface area contributed by atoms with Crippen molar-refractivity contribution < 1.29 is 9.59 Å². The smallest absolute Gasteiger partial charge is 0.222 e. The normalized spacial score (nSPS) is 10.9. The van der Waals surface area contributed by atoms with Gasteiger partial charge in [-0.3, -0.25) is 9.59 Å². The molecule has 0 fully saturated rings. The molecule has 0 atom stereocenters. The highest BCUT2D eigenvalue weighted by molar-refractivity contribution is 5.94. The van der Waals surface area contributed by atoms with E-state index in [-0.39, 0.29) is 11.7 Å². The maximum atomic E-state index is 11.9. The Morgan fingerprint density at radius 1 is 1.11 bits per heavy atom. The van der Waals surface area contributed by atoms with Crippen molar-refractivity contribution in [3.63, 3.8) is 0 Å². The molecule has 0 radical (unpaired) electrons. The Balaban J connectivity index is 3.88. The van der Waals surface area contributed by atoms with E-state index in [4.69, 9.17) is 0 Å². The fourth-order valence-corrected chi connectivity index (χ4v) is 1.50. The quantitative estimate of drug-likeness (QED) is 0.601. The lowest BCUT2D eigenvalue weighted by atomic mass is 10.1. The number of rotatable bonds is 9. The minimum atomic E-state index is 0.0509. The van der Waals surface area contributed by atoms with Gasteiger partial charge in [0.1, 0.15) is 0 Å². The highest BCUT2D eigenvalue weighted by Gasteiger charge is 2.11. The fraction of sp³-hybridized carbons (Fsp3) is 0.733. The maximum Gasteiger partial charge on any atom is 0.222 e. The molecule has 0 saturated carbocycles. The average molecular weight is 268 g/mol. The predicted molar refractivity (Wildman–Crippen MR) is 79.1 cm³/mol. The molecular weight excluding hydrogens is 240 g/mol. The molecule has 0 bridgehead atoms. The SMILES string of the molecule is C=C(C)C(=O)CCCC(=O)N(C)CCN(C)C(C)C. The van der Waals surface area contributed by atoms with E-state index in [0.717, 1.165) is 13.1 Å². The molecule has 0 aromatic heterocycles. The highest BCUT2D eigenvalue weighted by atomic mass is 16.2. The van der Waals surface area contributed by atoms with Gasteiger partial charge in [-0.1, -0.05) is 6.58 Å². The number of hydrogen-bond acceptors (Lipinski definition) is 3. The van der Waals surface area contributed by atoms with E-state index in [9.17, 15) is 9.59 Å². The van der Waals surface area contributed by atoms with Crippen LogP contribution in [0.5, 0.6) is 0 Å². The lowest BCUT2D eigenvalue weighted by Gasteiger charge is -2.24. The summed E-state index contributed by atoms with van der Waals surface area (Å²) < 4.78 is 0. The number of carbonyl (C=O) groups excluding carboxylic acids is 2. The molecule has 0 aliphatic heterocycles. The zero-order valence-electron chi connectivity index (χ0n) is 13.0. The first-order valence-electron chi connectivity index (χ1n) is 6.88. The molecule has 0 aliphatic carbocycles. The summed E-state index contributed by atoms with van der Waals surface area (Å²) in [4.78, 5) is 27.1. The molecular formula is C15H28N2O2. The summed E-state index contributed by atoms with van der Waals surface area (Å²) >= 11 is 0. The van der Waals surface area contributed by atoms with Crippen molar-refractivity contribution in [2.45, 2.75) is 46.1 Å². The van der Waals surface area contributed by atoms with Gasteiger partial charge in [-0.25, -0.2) is 0 Å². The van der Waals surface area contributed by atoms with Crippen molar-refractivity contribution in [3.8, 4) is 0 Å². The van der Waals surface area contributed by atoms with Crippen molar-refractivity contribution in [1.29, 1.82) is 0 Å². The van der Waals surface area contributed by atoms with E-state index >= 15 is 0 Å². The Morgan fingerprint density at radius 2 is 1.68 bits per heavy atom. The van der Waals surface area contributed by atoms with Crippen molar-refractivity contribution in [3.05, 3.63) is 12.2 Å². The molecule has 0 heterocycles. The van der Waals surface area contributed by atoms with Gasteiger partial charge in [0.15, 0.2) is 5.78 Å². The summed E-state index contributed by atoms with van der Waals surface area (Å²) in [6.45, 7) is 11.2. The van der Waals surface area contributed by atoms with Crippen LogP contribution in [0.1, 0.15) is 40.0 Å². The second kappa shape index (κ2) is 8.86. The number of carbonyl (C=O) groups is 2. The molecule has 0 spiro atoms. The Hall–Kier alpha value is -1.16. The minimum absolute atomic E-state index is 0.0509. The zero-order chi connectivity index (χ0) is 15.0. The average Bonchev–Trinajstić information content (AvgIpc) is 2.34. The number of ketones is 1. The van der Waals surface area contributed by atoms with Crippen LogP contribution >= 0.6 is 0 Å². The summed E-state index contributed by atoms with van der Waals surface area (Å²) in [7, 11) is 3.87. The van der Waals surface area contributed by atoms with Crippen molar-refractivity contribution in [2.75, 3.05) is 27.2 Å². The molecule has 0 aromatic rings. The molecule has 0 unspecified atom stereocenters. The predicted octanol–water partition coefficient (Wildman–Crippen LogP) is 2.10. The van der Waals surface area contributed by atoms with Gasteiger partial charge in [0, 0.05) is 39.0 Å². The van der Waals surface area contributed by atoms with Gasteiger partial charge in [-0.2, -0.15) is 0 Å². The van der Waals surface area contributed by atoms with Crippen LogP contribution in [0.15, 0.2) is 12.2 Å². The largest absolute Gasteiger partial charge is 0.344 e. The summed E-state index contributed by atoms with van der Waals surface area (Å²) in [5.41, 5.74) is 0.569. The van der Waals surface area contributed by atoms with E-state index in [0.29, 0.717) is 30.9 Å². The van der Waals surface area contributed by atoms with Gasteiger partial charge in [-0.05, 0) is 39.8 Å². The van der Waals surface area contributed by atoms with Gasteiger partial charge in [0.2, 0.25) is 5.91 Å². The third kappa shape index (κ3) is 7.78. The van der Waals surface area contributed by atoms with Crippen LogP contribution in [0.25, 0.3) is 0 Å². The Morgan fingerprint density at radius 3 is 2.16 bits per heavy atom. The maximum absolute atomic E-state index is 11.9. The number of allylic oxidation sites excluding steroid dienone is 1. The molecule has 1 amide bonds. The van der Waals surface area contributed by atoms with E-state index in [2.05, 4.69) is 32.4 Å². The Bertz CT molecular complexity index is 324. The van der Waals surface area contributed by atoms with Crippen LogP contribution in [0.4, 0.5) is 0 Å². The summed E-state index contributed by atoms with van der Waals surface area (Å²) in [6.07, 6.45) is 1.45. The third-order valence-corrected chi connectivity index (χ3v) is 3.37. The van der Waals surface area contributed by atoms with Gasteiger partial charge in [-0.15, -0.1) is 0 Å². The van der Waals surface area contributed by atoms with Crippen LogP contribution in [-0.2, 0) is 9.59 Å². The third-order valence-electron chi connectivity index (χ3n) is 3.37. The first-order valence-corrected chi connectivity index (χ1v) is 6.88. The zero-order valence-corrected chi connectivity index (χ0v) is 13.0. The molecule has 0 rings (SSSR count). The first-order chi connectivity index (χ1) is 8.75. The van der Waals surface area contributed by atoms with Crippen LogP contribution < -0.4 is 0 Å². The molecule has 19 heavy (non-hydrogen) atoms. The van der Waals surface area contributed by atoms with Crippen molar-refractivity contribution >= 4 is 11.7 Å².